The van der Waals surface area contributed by atoms with Gasteiger partial charge < -0.3 is 40.4 Å². The SMILES string of the molecule is C[C@@]1(F)C(n2cnc3c(N)ncnc32)O[C@H](COP(=O)(O)O[C@@H]2C[C@@H](CO)OC2n2cnc3c(=O)[nH]c(N)nc32)[C@H]1O[PH](=O)O. The summed E-state index contributed by atoms with van der Waals surface area (Å²) in [6, 6.07) is 0. The van der Waals surface area contributed by atoms with Gasteiger partial charge in [-0.25, -0.2) is 28.9 Å². The molecule has 0 spiro atoms. The van der Waals surface area contributed by atoms with Gasteiger partial charge in [0.15, 0.2) is 40.8 Å². The Kier molecular flexibility index (Phi) is 8.23. The molecule has 4 unspecified atom stereocenters. The van der Waals surface area contributed by atoms with Crippen LogP contribution >= 0.6 is 16.1 Å². The molecule has 0 aromatic carbocycles. The number of alkyl halides is 1. The molecule has 0 saturated carbocycles. The van der Waals surface area contributed by atoms with E-state index in [4.69, 9.17) is 34.5 Å². The number of aliphatic hydroxyl groups is 1. The summed E-state index contributed by atoms with van der Waals surface area (Å²) in [5, 5.41) is 9.69. The van der Waals surface area contributed by atoms with Crippen molar-refractivity contribution in [3.63, 3.8) is 0 Å². The molecule has 0 aliphatic carbocycles. The topological polar surface area (TPSA) is 300 Å². The summed E-state index contributed by atoms with van der Waals surface area (Å²) >= 11 is 0. The molecular weight excluding hydrogens is 649 g/mol. The van der Waals surface area contributed by atoms with Gasteiger partial charge in [-0.05, 0) is 6.92 Å². The van der Waals surface area contributed by atoms with E-state index < -0.39 is 77.4 Å². The van der Waals surface area contributed by atoms with Crippen LogP contribution in [0.3, 0.4) is 0 Å². The predicted molar refractivity (Wildman–Crippen MR) is 148 cm³/mol. The number of hydrogen-bond donors (Lipinski definition) is 6. The predicted octanol–water partition coefficient (Wildman–Crippen LogP) is -0.701. The van der Waals surface area contributed by atoms with Gasteiger partial charge in [0.2, 0.25) is 5.95 Å². The lowest BCUT2D eigenvalue weighted by atomic mass is 9.98. The first-order valence-electron chi connectivity index (χ1n) is 13.1. The number of hydrogen-bond acceptors (Lipinski definition) is 16. The minimum atomic E-state index is -5.03. The maximum Gasteiger partial charge on any atom is 0.472 e. The first-order valence-corrected chi connectivity index (χ1v) is 15.9. The fourth-order valence-electron chi connectivity index (χ4n) is 5.35. The molecule has 4 aromatic heterocycles. The monoisotopic (exact) mass is 676 g/mol. The van der Waals surface area contributed by atoms with Gasteiger partial charge in [0, 0.05) is 6.42 Å². The maximum atomic E-state index is 16.3. The second-order valence-electron chi connectivity index (χ2n) is 10.3. The molecule has 6 rings (SSSR count). The number of ether oxygens (including phenoxy) is 2. The van der Waals surface area contributed by atoms with Crippen LogP contribution in [0.25, 0.3) is 22.3 Å². The number of fused-ring (bicyclic) bond motifs is 2. The summed E-state index contributed by atoms with van der Waals surface area (Å²) in [6.45, 7) is -0.299. The number of halogens is 1. The number of nitrogens with two attached hydrogens (primary N) is 2. The van der Waals surface area contributed by atoms with Gasteiger partial charge in [-0.15, -0.1) is 0 Å². The summed E-state index contributed by atoms with van der Waals surface area (Å²) < 4.78 is 70.5. The molecule has 244 valence electrons. The lowest BCUT2D eigenvalue weighted by Gasteiger charge is -2.27. The van der Waals surface area contributed by atoms with Crippen molar-refractivity contribution in [2.45, 2.75) is 55.9 Å². The third-order valence-corrected chi connectivity index (χ3v) is 8.76. The Hall–Kier alpha value is -3.43. The molecule has 21 nitrogen and oxygen atoms in total. The third-order valence-electron chi connectivity index (χ3n) is 7.29. The Morgan fingerprint density at radius 2 is 1.93 bits per heavy atom. The third kappa shape index (κ3) is 5.85. The van der Waals surface area contributed by atoms with Crippen LogP contribution in [0.5, 0.6) is 0 Å². The Bertz CT molecular complexity index is 1870. The lowest BCUT2D eigenvalue weighted by molar-refractivity contribution is -0.0635. The number of nitrogens with one attached hydrogen (secondary N) is 1. The molecule has 0 radical (unpaired) electrons. The molecular formula is C21H27FN10O11P2. The van der Waals surface area contributed by atoms with Gasteiger partial charge in [-0.3, -0.25) is 32.5 Å². The van der Waals surface area contributed by atoms with Crippen LogP contribution in [0.1, 0.15) is 25.8 Å². The average molecular weight is 676 g/mol. The number of H-pyrrole nitrogens is 1. The highest BCUT2D eigenvalue weighted by Gasteiger charge is 2.58. The molecule has 6 heterocycles. The highest BCUT2D eigenvalue weighted by Crippen LogP contribution is 2.52. The van der Waals surface area contributed by atoms with Gasteiger partial charge >= 0.3 is 16.1 Å². The summed E-state index contributed by atoms with van der Waals surface area (Å²) in [5.74, 6) is -0.215. The zero-order chi connectivity index (χ0) is 32.3. The minimum absolute atomic E-state index is 0.0103. The normalized spacial score (nSPS) is 30.7. The molecule has 24 heteroatoms. The number of aromatic amines is 1. The number of aromatic nitrogens is 8. The van der Waals surface area contributed by atoms with E-state index in [9.17, 15) is 28.8 Å². The first kappa shape index (κ1) is 31.5. The quantitative estimate of drug-likeness (QED) is 0.113. The fourth-order valence-corrected chi connectivity index (χ4v) is 6.88. The van der Waals surface area contributed by atoms with E-state index in [0.717, 1.165) is 13.3 Å². The van der Waals surface area contributed by atoms with Crippen molar-refractivity contribution >= 4 is 50.2 Å². The van der Waals surface area contributed by atoms with Crippen LogP contribution < -0.4 is 17.0 Å². The number of aliphatic hydroxyl groups excluding tert-OH is 1. The second-order valence-corrected chi connectivity index (χ2v) is 12.5. The molecule has 4 aromatic rings. The Morgan fingerprint density at radius 1 is 1.20 bits per heavy atom. The van der Waals surface area contributed by atoms with Gasteiger partial charge in [-0.1, -0.05) is 0 Å². The average Bonchev–Trinajstić information content (AvgIpc) is 3.72. The smallest absolute Gasteiger partial charge is 0.394 e. The minimum Gasteiger partial charge on any atom is -0.394 e. The van der Waals surface area contributed by atoms with E-state index in [1.165, 1.54) is 21.8 Å². The maximum absolute atomic E-state index is 16.3. The van der Waals surface area contributed by atoms with Crippen molar-refractivity contribution in [3.05, 3.63) is 29.3 Å². The van der Waals surface area contributed by atoms with Crippen molar-refractivity contribution in [2.24, 2.45) is 0 Å². The van der Waals surface area contributed by atoms with Gasteiger partial charge in [-0.2, -0.15) is 4.98 Å². The largest absolute Gasteiger partial charge is 0.472 e. The van der Waals surface area contributed by atoms with Gasteiger partial charge in [0.1, 0.15) is 30.2 Å². The molecule has 2 fully saturated rings. The Morgan fingerprint density at radius 3 is 2.67 bits per heavy atom. The number of phosphoric acid groups is 1. The molecule has 2 aliphatic rings. The second kappa shape index (κ2) is 11.7. The van der Waals surface area contributed by atoms with Gasteiger partial charge in [0.25, 0.3) is 5.56 Å². The lowest BCUT2D eigenvalue weighted by Crippen LogP contribution is -2.41. The zero-order valence-electron chi connectivity index (χ0n) is 23.0. The summed E-state index contributed by atoms with van der Waals surface area (Å²) in [5.41, 5.74) is 8.40. The Balaban J connectivity index is 1.22. The molecule has 2 aliphatic heterocycles. The Labute approximate surface area is 250 Å². The number of imidazole rings is 2. The van der Waals surface area contributed by atoms with Crippen LogP contribution in [0.2, 0.25) is 0 Å². The van der Waals surface area contributed by atoms with E-state index in [0.29, 0.717) is 0 Å². The van der Waals surface area contributed by atoms with Crippen LogP contribution in [-0.2, 0) is 32.2 Å². The van der Waals surface area contributed by atoms with E-state index in [-0.39, 0.29) is 40.5 Å². The standard InChI is InChI=1S/C21H27FN10O11P2/c1-21(22)13(42-44(35)36)10(41-19(21)32-7-27-11-14(23)25-5-26-15(11)32)4-39-45(37,38)43-9-2-8(3-33)40-18(9)31-6-28-12-16(31)29-20(24)30-17(12)34/h5-10,13,18-19,33,44H,2-4H2,1H3,(H,35,36)(H,37,38)(H2,23,25,26)(H3,24,29,30,34)/t8-,9+,10+,13+,18?,19?,21-/m0/s1. The van der Waals surface area contributed by atoms with Crippen LogP contribution in [0.4, 0.5) is 16.2 Å². The number of rotatable bonds is 10. The molecule has 2 saturated heterocycles. The number of nitrogen functional groups attached to an aromatic ring is 2. The van der Waals surface area contributed by atoms with Crippen LogP contribution in [0, 0.1) is 0 Å². The van der Waals surface area contributed by atoms with Crippen molar-refractivity contribution in [2.75, 3.05) is 24.7 Å². The van der Waals surface area contributed by atoms with E-state index >= 15 is 4.39 Å². The van der Waals surface area contributed by atoms with E-state index in [1.807, 2.05) is 0 Å². The summed E-state index contributed by atoms with van der Waals surface area (Å²) in [6.07, 6.45) is -4.82. The molecule has 45 heavy (non-hydrogen) atoms. The van der Waals surface area contributed by atoms with Gasteiger partial charge in [0.05, 0.1) is 32.0 Å². The highest BCUT2D eigenvalue weighted by molar-refractivity contribution is 7.47. The van der Waals surface area contributed by atoms with Crippen molar-refractivity contribution in [1.29, 1.82) is 0 Å². The van der Waals surface area contributed by atoms with Crippen molar-refractivity contribution in [1.82, 2.24) is 39.0 Å². The van der Waals surface area contributed by atoms with Crippen molar-refractivity contribution < 1.29 is 51.5 Å². The molecule has 9 atom stereocenters. The van der Waals surface area contributed by atoms with Crippen LogP contribution in [-0.4, -0.2) is 97.2 Å². The first-order chi connectivity index (χ1) is 21.3. The fraction of sp³-hybridized carbons (Fsp3) is 0.524. The summed E-state index contributed by atoms with van der Waals surface area (Å²) in [4.78, 5) is 54.6. The molecule has 0 bridgehead atoms. The number of phosphoric ester groups is 1. The number of nitrogens with zero attached hydrogens (tertiary/aromatic N) is 7. The summed E-state index contributed by atoms with van der Waals surface area (Å²) in [7, 11) is -8.78. The zero-order valence-corrected chi connectivity index (χ0v) is 24.9. The molecule has 0 amide bonds. The van der Waals surface area contributed by atoms with Crippen LogP contribution in [0.15, 0.2) is 23.8 Å². The molecule has 8 N–H and O–H groups in total. The van der Waals surface area contributed by atoms with Crippen molar-refractivity contribution in [3.8, 4) is 0 Å². The van der Waals surface area contributed by atoms with E-state index in [1.54, 1.807) is 0 Å². The number of anilines is 2. The highest BCUT2D eigenvalue weighted by atomic mass is 31.2. The van der Waals surface area contributed by atoms with E-state index in [2.05, 4.69) is 29.9 Å².